The van der Waals surface area contributed by atoms with Crippen LogP contribution in [0.15, 0.2) is 0 Å². The van der Waals surface area contributed by atoms with E-state index >= 15 is 0 Å². The van der Waals surface area contributed by atoms with E-state index in [4.69, 9.17) is 0 Å². The number of carbonyl (C=O) groups is 2. The number of nitrogens with one attached hydrogen (secondary N) is 1. The molecule has 6 nitrogen and oxygen atoms in total. The summed E-state index contributed by atoms with van der Waals surface area (Å²) in [5.41, 5.74) is -0.503. The maximum Gasteiger partial charge on any atom is 0.329 e. The van der Waals surface area contributed by atoms with Crippen molar-refractivity contribution in [2.24, 2.45) is 0 Å². The smallest absolute Gasteiger partial charge is 0.329 e. The van der Waals surface area contributed by atoms with Crippen LogP contribution in [0.3, 0.4) is 0 Å². The van der Waals surface area contributed by atoms with Gasteiger partial charge in [0.05, 0.1) is 5.69 Å². The van der Waals surface area contributed by atoms with E-state index in [2.05, 4.69) is 14.9 Å². The topological polar surface area (TPSA) is 92.2 Å². The first-order valence-corrected chi connectivity index (χ1v) is 7.62. The van der Waals surface area contributed by atoms with Crippen LogP contribution in [0, 0.1) is 0 Å². The zero-order chi connectivity index (χ0) is 14.8. The van der Waals surface area contributed by atoms with Gasteiger partial charge in [-0.3, -0.25) is 4.79 Å². The summed E-state index contributed by atoms with van der Waals surface area (Å²) in [6.07, 6.45) is 3.63. The van der Waals surface area contributed by atoms with Crippen molar-refractivity contribution in [1.29, 1.82) is 0 Å². The Bertz CT molecular complexity index is 507. The zero-order valence-corrected chi connectivity index (χ0v) is 12.5. The average molecular weight is 297 g/mol. The monoisotopic (exact) mass is 297 g/mol. The lowest BCUT2D eigenvalue weighted by Gasteiger charge is -2.33. The van der Waals surface area contributed by atoms with Gasteiger partial charge in [-0.2, -0.15) is 0 Å². The molecular formula is C13H19N3O3S. The number of carboxylic acid groups (broad SMARTS) is 1. The number of carbonyl (C=O) groups excluding carboxylic acids is 1. The van der Waals surface area contributed by atoms with Crippen LogP contribution in [0.5, 0.6) is 0 Å². The normalized spacial score (nSPS) is 17.9. The largest absolute Gasteiger partial charge is 0.480 e. The molecule has 0 aromatic carbocycles. The minimum atomic E-state index is -1.13. The molecule has 1 fully saturated rings. The molecule has 7 heteroatoms. The number of aliphatic carboxylic acids is 1. The zero-order valence-electron chi connectivity index (χ0n) is 11.7. The molecule has 0 unspecified atom stereocenters. The molecule has 1 heterocycles. The van der Waals surface area contributed by atoms with Crippen LogP contribution in [0.1, 0.15) is 67.2 Å². The number of rotatable bonds is 4. The minimum absolute atomic E-state index is 0.0848. The Hall–Kier alpha value is -1.50. The number of carboxylic acids is 1. The number of amides is 1. The Labute approximate surface area is 121 Å². The van der Waals surface area contributed by atoms with Gasteiger partial charge < -0.3 is 10.4 Å². The highest BCUT2D eigenvalue weighted by Gasteiger charge is 2.41. The van der Waals surface area contributed by atoms with Gasteiger partial charge in [0, 0.05) is 0 Å². The van der Waals surface area contributed by atoms with Crippen LogP contribution in [-0.2, 0) is 4.79 Å². The highest BCUT2D eigenvalue weighted by molar-refractivity contribution is 7.08. The van der Waals surface area contributed by atoms with E-state index in [1.807, 2.05) is 13.8 Å². The molecular weight excluding hydrogens is 278 g/mol. The summed E-state index contributed by atoms with van der Waals surface area (Å²) in [7, 11) is 0. The summed E-state index contributed by atoms with van der Waals surface area (Å²) in [5.74, 6) is -1.23. The predicted octanol–water partition coefficient (Wildman–Crippen LogP) is 2.18. The first-order chi connectivity index (χ1) is 9.46. The highest BCUT2D eigenvalue weighted by Crippen LogP contribution is 2.29. The second-order valence-electron chi connectivity index (χ2n) is 5.54. The molecule has 110 valence electrons. The molecule has 20 heavy (non-hydrogen) atoms. The van der Waals surface area contributed by atoms with Gasteiger partial charge in [0.1, 0.15) is 10.4 Å². The molecule has 0 atom stereocenters. The van der Waals surface area contributed by atoms with Crippen molar-refractivity contribution in [2.75, 3.05) is 0 Å². The van der Waals surface area contributed by atoms with Crippen molar-refractivity contribution >= 4 is 23.4 Å². The van der Waals surface area contributed by atoms with Crippen LogP contribution in [0.4, 0.5) is 0 Å². The second-order valence-corrected chi connectivity index (χ2v) is 6.30. The molecule has 0 saturated heterocycles. The molecule has 0 radical (unpaired) electrons. The molecule has 1 aromatic rings. The quantitative estimate of drug-likeness (QED) is 0.888. The van der Waals surface area contributed by atoms with Gasteiger partial charge in [-0.25, -0.2) is 4.79 Å². The third-order valence-corrected chi connectivity index (χ3v) is 4.48. The number of aromatic nitrogens is 2. The highest BCUT2D eigenvalue weighted by atomic mass is 32.1. The van der Waals surface area contributed by atoms with Crippen molar-refractivity contribution in [3.63, 3.8) is 0 Å². The lowest BCUT2D eigenvalue weighted by molar-refractivity contribution is -0.145. The summed E-state index contributed by atoms with van der Waals surface area (Å²) in [6, 6.07) is 0. The number of hydrogen-bond acceptors (Lipinski definition) is 5. The first-order valence-electron chi connectivity index (χ1n) is 6.84. The van der Waals surface area contributed by atoms with Gasteiger partial charge in [-0.05, 0) is 30.3 Å². The van der Waals surface area contributed by atoms with Gasteiger partial charge >= 0.3 is 5.97 Å². The van der Waals surface area contributed by atoms with E-state index in [1.54, 1.807) is 0 Å². The van der Waals surface area contributed by atoms with Crippen molar-refractivity contribution < 1.29 is 14.7 Å². The lowest BCUT2D eigenvalue weighted by atomic mass is 9.81. The Morgan fingerprint density at radius 2 is 1.95 bits per heavy atom. The summed E-state index contributed by atoms with van der Waals surface area (Å²) in [6.45, 7) is 3.86. The summed E-state index contributed by atoms with van der Waals surface area (Å²) < 4.78 is 3.81. The van der Waals surface area contributed by atoms with E-state index in [0.717, 1.165) is 30.8 Å². The molecule has 1 aliphatic carbocycles. The van der Waals surface area contributed by atoms with Crippen molar-refractivity contribution in [3.05, 3.63) is 10.6 Å². The van der Waals surface area contributed by atoms with Crippen LogP contribution >= 0.6 is 11.5 Å². The molecule has 2 N–H and O–H groups in total. The standard InChI is InChI=1S/C13H19N3O3S/c1-8(2)9-10(20-16-15-9)11(17)14-13(12(18)19)6-4-3-5-7-13/h8H,3-7H2,1-2H3,(H,14,17)(H,18,19). The maximum atomic E-state index is 12.4. The Morgan fingerprint density at radius 1 is 1.30 bits per heavy atom. The molecule has 0 spiro atoms. The fraction of sp³-hybridized carbons (Fsp3) is 0.692. The first kappa shape index (κ1) is 14.9. The van der Waals surface area contributed by atoms with Gasteiger partial charge in [0.15, 0.2) is 0 Å². The molecule has 1 aromatic heterocycles. The summed E-state index contributed by atoms with van der Waals surface area (Å²) in [5, 5.41) is 16.2. The van der Waals surface area contributed by atoms with Gasteiger partial charge in [0.25, 0.3) is 5.91 Å². The molecule has 0 aliphatic heterocycles. The fourth-order valence-corrected chi connectivity index (χ4v) is 3.27. The van der Waals surface area contributed by atoms with E-state index in [-0.39, 0.29) is 11.8 Å². The number of nitrogens with zero attached hydrogens (tertiary/aromatic N) is 2. The van der Waals surface area contributed by atoms with Gasteiger partial charge in [0.2, 0.25) is 0 Å². The SMILES string of the molecule is CC(C)c1nnsc1C(=O)NC1(C(=O)O)CCCCC1. The van der Waals surface area contributed by atoms with Crippen molar-refractivity contribution in [1.82, 2.24) is 14.9 Å². The maximum absolute atomic E-state index is 12.4. The van der Waals surface area contributed by atoms with E-state index in [0.29, 0.717) is 23.4 Å². The Morgan fingerprint density at radius 3 is 2.50 bits per heavy atom. The molecule has 0 bridgehead atoms. The third-order valence-electron chi connectivity index (χ3n) is 3.74. The van der Waals surface area contributed by atoms with Gasteiger partial charge in [-0.1, -0.05) is 37.6 Å². The molecule has 1 amide bonds. The predicted molar refractivity (Wildman–Crippen MR) is 74.9 cm³/mol. The third kappa shape index (κ3) is 2.82. The van der Waals surface area contributed by atoms with E-state index < -0.39 is 11.5 Å². The molecule has 1 saturated carbocycles. The van der Waals surface area contributed by atoms with E-state index in [1.165, 1.54) is 0 Å². The fourth-order valence-electron chi connectivity index (χ4n) is 2.55. The second kappa shape index (κ2) is 5.87. The number of hydrogen-bond donors (Lipinski definition) is 2. The lowest BCUT2D eigenvalue weighted by Crippen LogP contribution is -2.55. The van der Waals surface area contributed by atoms with Crippen molar-refractivity contribution in [2.45, 2.75) is 57.4 Å². The molecule has 1 aliphatic rings. The average Bonchev–Trinajstić information content (AvgIpc) is 2.89. The van der Waals surface area contributed by atoms with Crippen LogP contribution in [-0.4, -0.2) is 32.1 Å². The minimum Gasteiger partial charge on any atom is -0.480 e. The van der Waals surface area contributed by atoms with Crippen LogP contribution in [0.2, 0.25) is 0 Å². The summed E-state index contributed by atoms with van der Waals surface area (Å²) >= 11 is 1.02. The van der Waals surface area contributed by atoms with Crippen LogP contribution in [0.25, 0.3) is 0 Å². The van der Waals surface area contributed by atoms with Crippen molar-refractivity contribution in [3.8, 4) is 0 Å². The Balaban J connectivity index is 2.20. The molecule has 2 rings (SSSR count). The van der Waals surface area contributed by atoms with E-state index in [9.17, 15) is 14.7 Å². The Kier molecular flexibility index (Phi) is 4.37. The van der Waals surface area contributed by atoms with Gasteiger partial charge in [-0.15, -0.1) is 5.10 Å². The van der Waals surface area contributed by atoms with Crippen LogP contribution < -0.4 is 5.32 Å². The summed E-state index contributed by atoms with van der Waals surface area (Å²) in [4.78, 5) is 24.3.